The smallest absolute Gasteiger partial charge is 0.169 e. The van der Waals surface area contributed by atoms with Crippen LogP contribution < -0.4 is 0 Å². The first-order chi connectivity index (χ1) is 8.93. The van der Waals surface area contributed by atoms with Gasteiger partial charge in [-0.25, -0.2) is 0 Å². The minimum Gasteiger partial charge on any atom is -0.391 e. The highest BCUT2D eigenvalue weighted by Gasteiger charge is 2.18. The SMILES string of the molecule is CC(C)Cc1ccc(C(C#N)OC(C)C(C)O)cc1. The maximum absolute atomic E-state index is 9.42. The lowest BCUT2D eigenvalue weighted by molar-refractivity contribution is -0.0426. The van der Waals surface area contributed by atoms with Crippen molar-refractivity contribution in [1.29, 1.82) is 5.26 Å². The molecule has 3 heteroatoms. The monoisotopic (exact) mass is 261 g/mol. The summed E-state index contributed by atoms with van der Waals surface area (Å²) in [5.74, 6) is 0.615. The molecule has 3 unspecified atom stereocenters. The molecule has 1 aromatic rings. The van der Waals surface area contributed by atoms with Gasteiger partial charge in [0.1, 0.15) is 0 Å². The van der Waals surface area contributed by atoms with E-state index in [2.05, 4.69) is 19.9 Å². The Hall–Kier alpha value is -1.37. The van der Waals surface area contributed by atoms with Crippen LogP contribution >= 0.6 is 0 Å². The van der Waals surface area contributed by atoms with E-state index in [0.717, 1.165) is 12.0 Å². The first kappa shape index (κ1) is 15.7. The predicted octanol–water partition coefficient (Wildman–Crippen LogP) is 3.24. The summed E-state index contributed by atoms with van der Waals surface area (Å²) in [7, 11) is 0. The molecule has 0 heterocycles. The lowest BCUT2D eigenvalue weighted by atomic mass is 10.0. The normalized spacial score (nSPS) is 15.8. The molecule has 0 fully saturated rings. The predicted molar refractivity (Wildman–Crippen MR) is 75.6 cm³/mol. The lowest BCUT2D eigenvalue weighted by Crippen LogP contribution is -2.24. The van der Waals surface area contributed by atoms with Crippen molar-refractivity contribution in [2.24, 2.45) is 5.92 Å². The average Bonchev–Trinajstić information content (AvgIpc) is 2.36. The van der Waals surface area contributed by atoms with Crippen LogP contribution in [0.5, 0.6) is 0 Å². The number of aliphatic hydroxyl groups is 1. The Kier molecular flexibility index (Phi) is 6.01. The number of hydrogen-bond donors (Lipinski definition) is 1. The van der Waals surface area contributed by atoms with Crippen LogP contribution in [0.25, 0.3) is 0 Å². The molecule has 0 saturated heterocycles. The van der Waals surface area contributed by atoms with Gasteiger partial charge in [0.05, 0.1) is 18.3 Å². The topological polar surface area (TPSA) is 53.2 Å². The molecule has 0 saturated carbocycles. The van der Waals surface area contributed by atoms with Crippen molar-refractivity contribution in [2.75, 3.05) is 0 Å². The minimum absolute atomic E-state index is 0.361. The fourth-order valence-corrected chi connectivity index (χ4v) is 1.81. The third kappa shape index (κ3) is 5.02. The van der Waals surface area contributed by atoms with Gasteiger partial charge in [0.15, 0.2) is 6.10 Å². The number of hydrogen-bond acceptors (Lipinski definition) is 3. The Labute approximate surface area is 115 Å². The van der Waals surface area contributed by atoms with Crippen molar-refractivity contribution in [3.05, 3.63) is 35.4 Å². The maximum atomic E-state index is 9.42. The van der Waals surface area contributed by atoms with Crippen molar-refractivity contribution in [2.45, 2.75) is 52.4 Å². The molecule has 0 aliphatic rings. The highest BCUT2D eigenvalue weighted by atomic mass is 16.5. The second-order valence-corrected chi connectivity index (χ2v) is 5.43. The summed E-state index contributed by atoms with van der Waals surface area (Å²) in [5.41, 5.74) is 2.10. The molecule has 0 aliphatic carbocycles. The fourth-order valence-electron chi connectivity index (χ4n) is 1.81. The van der Waals surface area contributed by atoms with E-state index in [4.69, 9.17) is 10.00 Å². The molecular formula is C16H23NO2. The van der Waals surface area contributed by atoms with Crippen LogP contribution in [0.15, 0.2) is 24.3 Å². The summed E-state index contributed by atoms with van der Waals surface area (Å²) in [6.07, 6.45) is -0.545. The standard InChI is InChI=1S/C16H23NO2/c1-11(2)9-14-5-7-15(8-6-14)16(10-17)19-13(4)12(3)18/h5-8,11-13,16,18H,9H2,1-4H3. The van der Waals surface area contributed by atoms with Crippen molar-refractivity contribution >= 4 is 0 Å². The summed E-state index contributed by atoms with van der Waals surface area (Å²) < 4.78 is 5.56. The van der Waals surface area contributed by atoms with E-state index in [1.165, 1.54) is 5.56 Å². The summed E-state index contributed by atoms with van der Waals surface area (Å²) in [6.45, 7) is 7.78. The van der Waals surface area contributed by atoms with E-state index >= 15 is 0 Å². The average molecular weight is 261 g/mol. The Balaban J connectivity index is 2.74. The van der Waals surface area contributed by atoms with Crippen LogP contribution in [0.3, 0.4) is 0 Å². The van der Waals surface area contributed by atoms with Gasteiger partial charge in [0.25, 0.3) is 0 Å². The van der Waals surface area contributed by atoms with E-state index in [1.54, 1.807) is 13.8 Å². The van der Waals surface area contributed by atoms with Gasteiger partial charge in [0.2, 0.25) is 0 Å². The van der Waals surface area contributed by atoms with Crippen LogP contribution in [0.4, 0.5) is 0 Å². The molecule has 3 atom stereocenters. The Morgan fingerprint density at radius 1 is 1.16 bits per heavy atom. The zero-order chi connectivity index (χ0) is 14.4. The van der Waals surface area contributed by atoms with Crippen molar-refractivity contribution in [1.82, 2.24) is 0 Å². The lowest BCUT2D eigenvalue weighted by Gasteiger charge is -2.20. The van der Waals surface area contributed by atoms with E-state index < -0.39 is 12.2 Å². The molecule has 1 N–H and O–H groups in total. The van der Waals surface area contributed by atoms with Gasteiger partial charge >= 0.3 is 0 Å². The summed E-state index contributed by atoms with van der Waals surface area (Å²) >= 11 is 0. The molecule has 0 radical (unpaired) electrons. The van der Waals surface area contributed by atoms with Gasteiger partial charge in [-0.05, 0) is 37.3 Å². The van der Waals surface area contributed by atoms with E-state index in [-0.39, 0.29) is 6.10 Å². The largest absolute Gasteiger partial charge is 0.391 e. The van der Waals surface area contributed by atoms with Crippen LogP contribution in [-0.4, -0.2) is 17.3 Å². The van der Waals surface area contributed by atoms with Crippen molar-refractivity contribution in [3.8, 4) is 6.07 Å². The third-order valence-electron chi connectivity index (χ3n) is 3.07. The number of nitriles is 1. The van der Waals surface area contributed by atoms with Gasteiger partial charge in [0, 0.05) is 0 Å². The summed E-state index contributed by atoms with van der Waals surface area (Å²) in [5, 5.41) is 18.6. The van der Waals surface area contributed by atoms with E-state index in [1.807, 2.05) is 24.3 Å². The van der Waals surface area contributed by atoms with Gasteiger partial charge in [-0.3, -0.25) is 0 Å². The van der Waals surface area contributed by atoms with Crippen LogP contribution in [0.2, 0.25) is 0 Å². The number of benzene rings is 1. The van der Waals surface area contributed by atoms with Gasteiger partial charge in [-0.1, -0.05) is 38.1 Å². The molecule has 3 nitrogen and oxygen atoms in total. The molecular weight excluding hydrogens is 238 g/mol. The fraction of sp³-hybridized carbons (Fsp3) is 0.562. The van der Waals surface area contributed by atoms with Crippen molar-refractivity contribution < 1.29 is 9.84 Å². The second-order valence-electron chi connectivity index (χ2n) is 5.43. The van der Waals surface area contributed by atoms with Gasteiger partial charge in [-0.15, -0.1) is 0 Å². The van der Waals surface area contributed by atoms with E-state index in [0.29, 0.717) is 5.92 Å². The molecule has 0 aliphatic heterocycles. The second kappa shape index (κ2) is 7.28. The van der Waals surface area contributed by atoms with E-state index in [9.17, 15) is 5.11 Å². The Morgan fingerprint density at radius 2 is 1.74 bits per heavy atom. The molecule has 1 aromatic carbocycles. The molecule has 0 aromatic heterocycles. The molecule has 0 amide bonds. The first-order valence-corrected chi connectivity index (χ1v) is 6.76. The molecule has 0 spiro atoms. The molecule has 19 heavy (non-hydrogen) atoms. The number of nitrogens with zero attached hydrogens (tertiary/aromatic N) is 1. The molecule has 0 bridgehead atoms. The quantitative estimate of drug-likeness (QED) is 0.855. The summed E-state index contributed by atoms with van der Waals surface area (Å²) in [4.78, 5) is 0. The number of aliphatic hydroxyl groups excluding tert-OH is 1. The maximum Gasteiger partial charge on any atom is 0.169 e. The Bertz CT molecular complexity index is 417. The van der Waals surface area contributed by atoms with Gasteiger partial charge < -0.3 is 9.84 Å². The van der Waals surface area contributed by atoms with Crippen molar-refractivity contribution in [3.63, 3.8) is 0 Å². The zero-order valence-electron chi connectivity index (χ0n) is 12.1. The summed E-state index contributed by atoms with van der Waals surface area (Å²) in [6, 6.07) is 10.1. The third-order valence-corrected chi connectivity index (χ3v) is 3.07. The zero-order valence-corrected chi connectivity index (χ0v) is 12.1. The molecule has 1 rings (SSSR count). The highest BCUT2D eigenvalue weighted by Crippen LogP contribution is 2.21. The first-order valence-electron chi connectivity index (χ1n) is 6.76. The molecule has 104 valence electrons. The van der Waals surface area contributed by atoms with Crippen LogP contribution in [-0.2, 0) is 11.2 Å². The minimum atomic E-state index is -0.627. The number of ether oxygens (including phenoxy) is 1. The highest BCUT2D eigenvalue weighted by molar-refractivity contribution is 5.27. The van der Waals surface area contributed by atoms with Crippen LogP contribution in [0.1, 0.15) is 44.9 Å². The number of rotatable bonds is 6. The van der Waals surface area contributed by atoms with Crippen LogP contribution in [0, 0.1) is 17.2 Å². The van der Waals surface area contributed by atoms with Gasteiger partial charge in [-0.2, -0.15) is 5.26 Å². The Morgan fingerprint density at radius 3 is 2.16 bits per heavy atom.